The Morgan fingerprint density at radius 1 is 1.35 bits per heavy atom. The van der Waals surface area contributed by atoms with Crippen molar-refractivity contribution in [1.82, 2.24) is 5.32 Å². The molecule has 0 bridgehead atoms. The molecule has 0 spiro atoms. The fourth-order valence-electron chi connectivity index (χ4n) is 2.25. The number of hydrogen-bond acceptors (Lipinski definition) is 1. The molecule has 3 heteroatoms. The number of halogens is 2. The van der Waals surface area contributed by atoms with Crippen molar-refractivity contribution >= 4 is 23.2 Å². The second-order valence-electron chi connectivity index (χ2n) is 5.18. The molecule has 1 aliphatic rings. The third-order valence-corrected chi connectivity index (χ3v) is 4.46. The Kier molecular flexibility index (Phi) is 4.02. The van der Waals surface area contributed by atoms with E-state index >= 15 is 0 Å². The second-order valence-corrected chi connectivity index (χ2v) is 5.97. The molecule has 2 rings (SSSR count). The normalized spacial score (nSPS) is 19.1. The number of nitrogens with one attached hydrogen (secondary N) is 1. The molecular weight excluding hydrogens is 253 g/mol. The van der Waals surface area contributed by atoms with E-state index in [1.165, 1.54) is 12.8 Å². The van der Waals surface area contributed by atoms with Gasteiger partial charge < -0.3 is 5.32 Å². The predicted octanol–water partition coefficient (Wildman–Crippen LogP) is 4.83. The van der Waals surface area contributed by atoms with Gasteiger partial charge in [0.25, 0.3) is 0 Å². The van der Waals surface area contributed by atoms with E-state index in [0.717, 1.165) is 18.5 Å². The first-order valence-electron chi connectivity index (χ1n) is 6.26. The minimum absolute atomic E-state index is 0.327. The minimum atomic E-state index is 0.327. The van der Waals surface area contributed by atoms with Crippen LogP contribution in [-0.4, -0.2) is 6.54 Å². The molecule has 1 aromatic rings. The van der Waals surface area contributed by atoms with E-state index in [1.54, 1.807) is 0 Å². The topological polar surface area (TPSA) is 12.0 Å². The maximum atomic E-state index is 6.33. The van der Waals surface area contributed by atoms with E-state index in [1.807, 2.05) is 12.1 Å². The van der Waals surface area contributed by atoms with Gasteiger partial charge in [0, 0.05) is 6.04 Å². The van der Waals surface area contributed by atoms with Crippen molar-refractivity contribution in [3.63, 3.8) is 0 Å². The summed E-state index contributed by atoms with van der Waals surface area (Å²) >= 11 is 12.4. The molecule has 1 unspecified atom stereocenters. The molecule has 94 valence electrons. The van der Waals surface area contributed by atoms with Gasteiger partial charge in [-0.05, 0) is 42.9 Å². The van der Waals surface area contributed by atoms with E-state index in [-0.39, 0.29) is 0 Å². The van der Waals surface area contributed by atoms with Crippen LogP contribution in [0.15, 0.2) is 18.2 Å². The van der Waals surface area contributed by atoms with Crippen molar-refractivity contribution in [3.05, 3.63) is 33.8 Å². The summed E-state index contributed by atoms with van der Waals surface area (Å²) in [6.07, 6.45) is 3.65. The van der Waals surface area contributed by atoms with E-state index in [2.05, 4.69) is 25.2 Å². The average molecular weight is 272 g/mol. The summed E-state index contributed by atoms with van der Waals surface area (Å²) in [5, 5.41) is 4.97. The Morgan fingerprint density at radius 2 is 2.06 bits per heavy atom. The highest BCUT2D eigenvalue weighted by molar-refractivity contribution is 6.42. The van der Waals surface area contributed by atoms with Gasteiger partial charge in [0.05, 0.1) is 10.0 Å². The molecule has 0 heterocycles. The fraction of sp³-hybridized carbons (Fsp3) is 0.571. The lowest BCUT2D eigenvalue weighted by Crippen LogP contribution is -2.29. The van der Waals surface area contributed by atoms with Gasteiger partial charge in [-0.1, -0.05) is 49.2 Å². The molecule has 1 nitrogen and oxygen atoms in total. The van der Waals surface area contributed by atoms with Crippen molar-refractivity contribution in [1.29, 1.82) is 0 Å². The lowest BCUT2D eigenvalue weighted by atomic mass is 9.91. The van der Waals surface area contributed by atoms with E-state index in [0.29, 0.717) is 21.5 Å². The second kappa shape index (κ2) is 5.17. The maximum absolute atomic E-state index is 6.33. The molecule has 0 aliphatic heterocycles. The highest BCUT2D eigenvalue weighted by Crippen LogP contribution is 2.55. The van der Waals surface area contributed by atoms with Crippen LogP contribution < -0.4 is 5.32 Å². The monoisotopic (exact) mass is 271 g/mol. The van der Waals surface area contributed by atoms with Gasteiger partial charge in [-0.25, -0.2) is 0 Å². The Balaban J connectivity index is 2.28. The van der Waals surface area contributed by atoms with Crippen LogP contribution in [0.3, 0.4) is 0 Å². The molecule has 1 N–H and O–H groups in total. The van der Waals surface area contributed by atoms with Crippen molar-refractivity contribution < 1.29 is 0 Å². The predicted molar refractivity (Wildman–Crippen MR) is 74.8 cm³/mol. The zero-order chi connectivity index (χ0) is 12.5. The van der Waals surface area contributed by atoms with Gasteiger partial charge in [0.15, 0.2) is 0 Å². The molecule has 1 atom stereocenters. The molecule has 1 aliphatic carbocycles. The third-order valence-electron chi connectivity index (χ3n) is 3.63. The zero-order valence-electron chi connectivity index (χ0n) is 10.4. The summed E-state index contributed by atoms with van der Waals surface area (Å²) in [7, 11) is 0. The molecule has 0 amide bonds. The summed E-state index contributed by atoms with van der Waals surface area (Å²) in [5.41, 5.74) is 1.50. The quantitative estimate of drug-likeness (QED) is 0.809. The number of benzene rings is 1. The van der Waals surface area contributed by atoms with Crippen LogP contribution in [0.25, 0.3) is 0 Å². The van der Waals surface area contributed by atoms with Crippen molar-refractivity contribution in [3.8, 4) is 0 Å². The minimum Gasteiger partial charge on any atom is -0.309 e. The van der Waals surface area contributed by atoms with E-state index in [9.17, 15) is 0 Å². The Labute approximate surface area is 114 Å². The largest absolute Gasteiger partial charge is 0.309 e. The van der Waals surface area contributed by atoms with Crippen LogP contribution in [0.5, 0.6) is 0 Å². The van der Waals surface area contributed by atoms with E-state index in [4.69, 9.17) is 23.2 Å². The average Bonchev–Trinajstić information content (AvgIpc) is 3.04. The summed E-state index contributed by atoms with van der Waals surface area (Å²) in [6, 6.07) is 6.24. The lowest BCUT2D eigenvalue weighted by Gasteiger charge is -2.26. The first-order chi connectivity index (χ1) is 8.08. The van der Waals surface area contributed by atoms with Gasteiger partial charge in [-0.3, -0.25) is 0 Å². The Bertz CT molecular complexity index is 399. The Hall–Kier alpha value is -0.240. The SMILES string of the molecule is CCCNC(c1cccc(Cl)c1Cl)C1(C)CC1. The van der Waals surface area contributed by atoms with Gasteiger partial charge in [-0.2, -0.15) is 0 Å². The Morgan fingerprint density at radius 3 is 2.65 bits per heavy atom. The van der Waals surface area contributed by atoms with Crippen LogP contribution in [0, 0.1) is 5.41 Å². The van der Waals surface area contributed by atoms with Crippen LogP contribution in [0.2, 0.25) is 10.0 Å². The maximum Gasteiger partial charge on any atom is 0.0640 e. The van der Waals surface area contributed by atoms with E-state index < -0.39 is 0 Å². The van der Waals surface area contributed by atoms with Crippen molar-refractivity contribution in [2.75, 3.05) is 6.54 Å². The number of hydrogen-bond donors (Lipinski definition) is 1. The highest BCUT2D eigenvalue weighted by atomic mass is 35.5. The molecule has 0 saturated heterocycles. The van der Waals surface area contributed by atoms with Crippen LogP contribution in [0.4, 0.5) is 0 Å². The number of rotatable bonds is 5. The first kappa shape index (κ1) is 13.2. The molecule has 17 heavy (non-hydrogen) atoms. The van der Waals surface area contributed by atoms with Crippen LogP contribution >= 0.6 is 23.2 Å². The summed E-state index contributed by atoms with van der Waals surface area (Å²) in [6.45, 7) is 5.51. The van der Waals surface area contributed by atoms with Crippen LogP contribution in [-0.2, 0) is 0 Å². The smallest absolute Gasteiger partial charge is 0.0640 e. The zero-order valence-corrected chi connectivity index (χ0v) is 11.9. The highest BCUT2D eigenvalue weighted by Gasteiger charge is 2.45. The first-order valence-corrected chi connectivity index (χ1v) is 7.01. The third kappa shape index (κ3) is 2.78. The van der Waals surface area contributed by atoms with Gasteiger partial charge in [0.2, 0.25) is 0 Å². The lowest BCUT2D eigenvalue weighted by molar-refractivity contribution is 0.367. The van der Waals surface area contributed by atoms with Crippen molar-refractivity contribution in [2.24, 2.45) is 5.41 Å². The summed E-state index contributed by atoms with van der Waals surface area (Å²) in [5.74, 6) is 0. The van der Waals surface area contributed by atoms with Gasteiger partial charge in [-0.15, -0.1) is 0 Å². The molecule has 0 radical (unpaired) electrons. The molecule has 1 fully saturated rings. The standard InChI is InChI=1S/C14H19Cl2N/c1-3-9-17-13(14(2)7-8-14)10-5-4-6-11(15)12(10)16/h4-6,13,17H,3,7-9H2,1-2H3. The van der Waals surface area contributed by atoms with Gasteiger partial charge in [0.1, 0.15) is 0 Å². The molecule has 1 aromatic carbocycles. The molecule has 1 saturated carbocycles. The fourth-order valence-corrected chi connectivity index (χ4v) is 2.67. The van der Waals surface area contributed by atoms with Crippen LogP contribution in [0.1, 0.15) is 44.7 Å². The van der Waals surface area contributed by atoms with Crippen molar-refractivity contribution in [2.45, 2.75) is 39.2 Å². The molecule has 0 aromatic heterocycles. The van der Waals surface area contributed by atoms with Gasteiger partial charge >= 0.3 is 0 Å². The molecular formula is C14H19Cl2N. The summed E-state index contributed by atoms with van der Waals surface area (Å²) in [4.78, 5) is 0. The summed E-state index contributed by atoms with van der Waals surface area (Å²) < 4.78 is 0.